The summed E-state index contributed by atoms with van der Waals surface area (Å²) in [4.78, 5) is 21.8. The van der Waals surface area contributed by atoms with Gasteiger partial charge >= 0.3 is 0 Å². The average Bonchev–Trinajstić information content (AvgIpc) is 2.74. The summed E-state index contributed by atoms with van der Waals surface area (Å²) in [5, 5.41) is 0. The van der Waals surface area contributed by atoms with Crippen molar-refractivity contribution in [3.63, 3.8) is 0 Å². The highest BCUT2D eigenvalue weighted by atomic mass is 19.1. The smallest absolute Gasteiger partial charge is 0.225 e. The molecule has 0 unspecified atom stereocenters. The van der Waals surface area contributed by atoms with Crippen molar-refractivity contribution in [1.29, 1.82) is 0 Å². The molecule has 1 aromatic carbocycles. The Morgan fingerprint density at radius 2 is 1.86 bits per heavy atom. The molecule has 2 aromatic heterocycles. The van der Waals surface area contributed by atoms with Gasteiger partial charge in [0.1, 0.15) is 11.9 Å². The Balaban J connectivity index is 1.72. The molecule has 3 aromatic rings. The van der Waals surface area contributed by atoms with E-state index < -0.39 is 0 Å². The summed E-state index contributed by atoms with van der Waals surface area (Å²) in [6, 6.07) is 8.12. The summed E-state index contributed by atoms with van der Waals surface area (Å²) < 4.78 is 19.4. The van der Waals surface area contributed by atoms with Crippen molar-refractivity contribution in [3.8, 4) is 11.1 Å². The number of hydrogen-bond donors (Lipinski definition) is 0. The molecule has 0 saturated carbocycles. The lowest BCUT2D eigenvalue weighted by Crippen LogP contribution is -2.39. The summed E-state index contributed by atoms with van der Waals surface area (Å²) in [5.41, 5.74) is 2.44. The van der Waals surface area contributed by atoms with Gasteiger partial charge in [-0.25, -0.2) is 24.3 Å². The largest absolute Gasteiger partial charge is 0.368 e. The van der Waals surface area contributed by atoms with Crippen LogP contribution in [0.5, 0.6) is 0 Å². The van der Waals surface area contributed by atoms with Gasteiger partial charge in [0.05, 0.1) is 18.8 Å². The second kappa shape index (κ2) is 7.85. The van der Waals surface area contributed by atoms with Crippen LogP contribution >= 0.6 is 0 Å². The molecule has 0 amide bonds. The Hall–Kier alpha value is -3.13. The molecule has 8 heteroatoms. The first-order chi connectivity index (χ1) is 13.6. The molecular weight excluding hydrogens is 359 g/mol. The molecule has 144 valence electrons. The lowest BCUT2D eigenvalue weighted by Gasteiger charge is -2.33. The standard InChI is InChI=1S/C20H21FN6O/c1-26(2)20-24-12-16(14-4-6-15(21)7-5-14)18(25-20)17-13-27(10-11-28-17)19-22-8-3-9-23-19/h3-9,12,17H,10-11,13H2,1-2H3/t17-/m0/s1. The summed E-state index contributed by atoms with van der Waals surface area (Å²) in [6.45, 7) is 1.81. The second-order valence-electron chi connectivity index (χ2n) is 6.72. The molecule has 1 atom stereocenters. The number of halogens is 1. The number of nitrogens with zero attached hydrogens (tertiary/aromatic N) is 6. The summed E-state index contributed by atoms with van der Waals surface area (Å²) in [6.07, 6.45) is 4.95. The number of ether oxygens (including phenoxy) is 1. The number of aromatic nitrogens is 4. The minimum atomic E-state index is -0.280. The highest BCUT2D eigenvalue weighted by molar-refractivity contribution is 5.66. The van der Waals surface area contributed by atoms with Gasteiger partial charge in [0.2, 0.25) is 11.9 Å². The van der Waals surface area contributed by atoms with Gasteiger partial charge in [0, 0.05) is 44.8 Å². The van der Waals surface area contributed by atoms with Crippen LogP contribution in [0.25, 0.3) is 11.1 Å². The van der Waals surface area contributed by atoms with Gasteiger partial charge < -0.3 is 14.5 Å². The first kappa shape index (κ1) is 18.2. The second-order valence-corrected chi connectivity index (χ2v) is 6.72. The van der Waals surface area contributed by atoms with Gasteiger partial charge in [-0.2, -0.15) is 0 Å². The topological polar surface area (TPSA) is 67.3 Å². The van der Waals surface area contributed by atoms with Crippen LogP contribution in [0.15, 0.2) is 48.9 Å². The van der Waals surface area contributed by atoms with Crippen molar-refractivity contribution in [1.82, 2.24) is 19.9 Å². The van der Waals surface area contributed by atoms with Crippen LogP contribution in [0.3, 0.4) is 0 Å². The Morgan fingerprint density at radius 3 is 2.57 bits per heavy atom. The molecule has 7 nitrogen and oxygen atoms in total. The van der Waals surface area contributed by atoms with E-state index in [1.54, 1.807) is 36.8 Å². The molecule has 0 aliphatic carbocycles. The molecule has 3 heterocycles. The maximum absolute atomic E-state index is 13.4. The molecular formula is C20H21FN6O. The molecule has 28 heavy (non-hydrogen) atoms. The Morgan fingerprint density at radius 1 is 1.11 bits per heavy atom. The zero-order valence-electron chi connectivity index (χ0n) is 15.8. The predicted octanol–water partition coefficient (Wildman–Crippen LogP) is 2.72. The van der Waals surface area contributed by atoms with E-state index in [1.165, 1.54) is 12.1 Å². The third-order valence-electron chi connectivity index (χ3n) is 4.57. The average molecular weight is 380 g/mol. The lowest BCUT2D eigenvalue weighted by atomic mass is 10.0. The molecule has 0 radical (unpaired) electrons. The lowest BCUT2D eigenvalue weighted by molar-refractivity contribution is 0.0368. The predicted molar refractivity (Wildman–Crippen MR) is 105 cm³/mol. The minimum absolute atomic E-state index is 0.278. The van der Waals surface area contributed by atoms with E-state index in [2.05, 4.69) is 19.9 Å². The summed E-state index contributed by atoms with van der Waals surface area (Å²) >= 11 is 0. The number of anilines is 2. The monoisotopic (exact) mass is 380 g/mol. The normalized spacial score (nSPS) is 16.8. The molecule has 1 saturated heterocycles. The van der Waals surface area contributed by atoms with E-state index in [4.69, 9.17) is 9.72 Å². The van der Waals surface area contributed by atoms with Crippen molar-refractivity contribution in [3.05, 3.63) is 60.4 Å². The number of benzene rings is 1. The van der Waals surface area contributed by atoms with E-state index in [-0.39, 0.29) is 11.9 Å². The van der Waals surface area contributed by atoms with Gasteiger partial charge in [0.25, 0.3) is 0 Å². The molecule has 4 rings (SSSR count). The quantitative estimate of drug-likeness (QED) is 0.689. The van der Waals surface area contributed by atoms with Crippen molar-refractivity contribution < 1.29 is 9.13 Å². The van der Waals surface area contributed by atoms with Crippen molar-refractivity contribution >= 4 is 11.9 Å². The summed E-state index contributed by atoms with van der Waals surface area (Å²) in [7, 11) is 3.78. The van der Waals surface area contributed by atoms with Crippen LogP contribution in [-0.4, -0.2) is 53.7 Å². The maximum atomic E-state index is 13.4. The molecule has 0 spiro atoms. The Bertz CT molecular complexity index is 935. The van der Waals surface area contributed by atoms with E-state index in [0.717, 1.165) is 16.8 Å². The SMILES string of the molecule is CN(C)c1ncc(-c2ccc(F)cc2)c([C@@H]2CN(c3ncccn3)CCO2)n1. The minimum Gasteiger partial charge on any atom is -0.368 e. The highest BCUT2D eigenvalue weighted by Gasteiger charge is 2.28. The van der Waals surface area contributed by atoms with Crippen LogP contribution in [0, 0.1) is 5.82 Å². The number of morpholine rings is 1. The fourth-order valence-electron chi connectivity index (χ4n) is 3.15. The molecule has 1 fully saturated rings. The first-order valence-electron chi connectivity index (χ1n) is 9.05. The number of hydrogen-bond acceptors (Lipinski definition) is 7. The van der Waals surface area contributed by atoms with E-state index in [1.807, 2.05) is 19.0 Å². The van der Waals surface area contributed by atoms with Gasteiger partial charge in [-0.15, -0.1) is 0 Å². The first-order valence-corrected chi connectivity index (χ1v) is 9.05. The Kier molecular flexibility index (Phi) is 5.12. The van der Waals surface area contributed by atoms with Crippen molar-refractivity contribution in [2.24, 2.45) is 0 Å². The van der Waals surface area contributed by atoms with Gasteiger partial charge in [-0.05, 0) is 23.8 Å². The van der Waals surface area contributed by atoms with Gasteiger partial charge in [0.15, 0.2) is 0 Å². The van der Waals surface area contributed by atoms with Crippen LogP contribution in [0.2, 0.25) is 0 Å². The van der Waals surface area contributed by atoms with Crippen LogP contribution in [-0.2, 0) is 4.74 Å². The number of rotatable bonds is 4. The maximum Gasteiger partial charge on any atom is 0.225 e. The van der Waals surface area contributed by atoms with E-state index in [9.17, 15) is 4.39 Å². The van der Waals surface area contributed by atoms with Crippen molar-refractivity contribution in [2.75, 3.05) is 43.6 Å². The summed E-state index contributed by atoms with van der Waals surface area (Å²) in [5.74, 6) is 0.982. The van der Waals surface area contributed by atoms with Gasteiger partial charge in [-0.3, -0.25) is 0 Å². The third kappa shape index (κ3) is 3.77. The van der Waals surface area contributed by atoms with E-state index in [0.29, 0.717) is 31.6 Å². The highest BCUT2D eigenvalue weighted by Crippen LogP contribution is 2.32. The zero-order valence-corrected chi connectivity index (χ0v) is 15.8. The van der Waals surface area contributed by atoms with Crippen LogP contribution in [0.1, 0.15) is 11.8 Å². The van der Waals surface area contributed by atoms with Crippen molar-refractivity contribution in [2.45, 2.75) is 6.10 Å². The van der Waals surface area contributed by atoms with Crippen LogP contribution in [0.4, 0.5) is 16.3 Å². The third-order valence-corrected chi connectivity index (χ3v) is 4.57. The van der Waals surface area contributed by atoms with Crippen LogP contribution < -0.4 is 9.80 Å². The van der Waals surface area contributed by atoms with Gasteiger partial charge in [-0.1, -0.05) is 12.1 Å². The molecule has 1 aliphatic heterocycles. The Labute approximate surface area is 162 Å². The fraction of sp³-hybridized carbons (Fsp3) is 0.300. The molecule has 1 aliphatic rings. The molecule has 0 bridgehead atoms. The molecule has 0 N–H and O–H groups in total. The van der Waals surface area contributed by atoms with E-state index >= 15 is 0 Å². The fourth-order valence-corrected chi connectivity index (χ4v) is 3.15. The zero-order chi connectivity index (χ0) is 19.5.